The monoisotopic (exact) mass is 262 g/mol. The first kappa shape index (κ1) is 8.05. The molecule has 0 spiro atoms. The second-order valence-corrected chi connectivity index (χ2v) is 3.68. The van der Waals surface area contributed by atoms with Crippen LogP contribution in [0, 0.1) is 0 Å². The Balaban J connectivity index is 2.79. The molecule has 0 aliphatic rings. The predicted molar refractivity (Wildman–Crippen MR) is 51.2 cm³/mol. The summed E-state index contributed by atoms with van der Waals surface area (Å²) in [5.41, 5.74) is 2.53. The molecule has 0 saturated carbocycles. The predicted octanol–water partition coefficient (Wildman–Crippen LogP) is 1.90. The first-order valence-corrected chi connectivity index (χ1v) is 5.91. The van der Waals surface area contributed by atoms with Gasteiger partial charge in [0.25, 0.3) is 0 Å². The second-order valence-electron chi connectivity index (χ2n) is 2.67. The van der Waals surface area contributed by atoms with E-state index in [0.29, 0.717) is 0 Å². The molecule has 0 amide bonds. The average molecular weight is 261 g/mol. The molecule has 0 aliphatic heterocycles. The molecule has 0 atom stereocenters. The molecule has 12 heavy (non-hydrogen) atoms. The van der Waals surface area contributed by atoms with E-state index < -0.39 is 0 Å². The molecule has 0 saturated heterocycles. The van der Waals surface area contributed by atoms with Crippen LogP contribution in [-0.4, -0.2) is 27.5 Å². The van der Waals surface area contributed by atoms with Gasteiger partial charge in [-0.15, -0.1) is 0 Å². The van der Waals surface area contributed by atoms with Crippen LogP contribution < -0.4 is 0 Å². The van der Waals surface area contributed by atoms with E-state index in [9.17, 15) is 0 Å². The summed E-state index contributed by atoms with van der Waals surface area (Å²) >= 11 is 1.54. The number of benzene rings is 1. The van der Waals surface area contributed by atoms with Gasteiger partial charge in [-0.1, -0.05) is 0 Å². The molecule has 3 radical (unpaired) electrons. The molecule has 0 fully saturated rings. The summed E-state index contributed by atoms with van der Waals surface area (Å²) < 4.78 is 1.14. The van der Waals surface area contributed by atoms with E-state index in [4.69, 9.17) is 0 Å². The molecule has 0 aliphatic carbocycles. The maximum absolute atomic E-state index is 4.37. The third kappa shape index (κ3) is 1.33. The Hall–Kier alpha value is -0.571. The molecule has 1 heterocycles. The van der Waals surface area contributed by atoms with Gasteiger partial charge >= 0.3 is 84.9 Å². The van der Waals surface area contributed by atoms with Crippen LogP contribution in [0.5, 0.6) is 0 Å². The van der Waals surface area contributed by atoms with Crippen LogP contribution in [0.4, 0.5) is 0 Å². The number of aromatic nitrogens is 1. The fourth-order valence-corrected chi connectivity index (χ4v) is 2.12. The average Bonchev–Trinajstić information content (AvgIpc) is 2.17. The number of para-hydroxylation sites is 1. The van der Waals surface area contributed by atoms with Crippen molar-refractivity contribution in [3.05, 3.63) is 42.1 Å². The fourth-order valence-electron chi connectivity index (χ4n) is 1.31. The van der Waals surface area contributed by atoms with Crippen molar-refractivity contribution < 1.29 is 0 Å². The van der Waals surface area contributed by atoms with E-state index in [-0.39, 0.29) is 0 Å². The summed E-state index contributed by atoms with van der Waals surface area (Å²) in [5, 5.41) is 1.25. The van der Waals surface area contributed by atoms with E-state index >= 15 is 0 Å². The van der Waals surface area contributed by atoms with Crippen molar-refractivity contribution in [2.24, 2.45) is 0 Å². The van der Waals surface area contributed by atoms with Crippen LogP contribution in [0.1, 0.15) is 5.56 Å². The number of pyridine rings is 1. The summed E-state index contributed by atoms with van der Waals surface area (Å²) in [4.78, 5) is 4.37. The third-order valence-corrected chi connectivity index (χ3v) is 2.99. The van der Waals surface area contributed by atoms with Crippen molar-refractivity contribution >= 4 is 33.4 Å². The van der Waals surface area contributed by atoms with Gasteiger partial charge in [-0.3, -0.25) is 0 Å². The van der Waals surface area contributed by atoms with Crippen molar-refractivity contribution in [1.29, 1.82) is 0 Å². The second kappa shape index (κ2) is 3.44. The SMILES string of the molecule is [Sn][CH2]c1cccc2cccnc12. The van der Waals surface area contributed by atoms with Crippen LogP contribution in [0.2, 0.25) is 0 Å². The van der Waals surface area contributed by atoms with Crippen molar-refractivity contribution in [3.8, 4) is 0 Å². The summed E-state index contributed by atoms with van der Waals surface area (Å²) in [7, 11) is 0. The molecule has 0 N–H and O–H groups in total. The van der Waals surface area contributed by atoms with E-state index in [1.165, 1.54) is 10.9 Å². The minimum atomic E-state index is 1.14. The Morgan fingerprint density at radius 1 is 1.17 bits per heavy atom. The van der Waals surface area contributed by atoms with Gasteiger partial charge < -0.3 is 0 Å². The van der Waals surface area contributed by atoms with Gasteiger partial charge in [0.2, 0.25) is 0 Å². The zero-order valence-electron chi connectivity index (χ0n) is 6.62. The normalized spacial score (nSPS) is 10.4. The Morgan fingerprint density at radius 2 is 2.00 bits per heavy atom. The summed E-state index contributed by atoms with van der Waals surface area (Å²) in [5.74, 6) is 0. The fraction of sp³-hybridized carbons (Fsp3) is 0.100. The number of fused-ring (bicyclic) bond motifs is 1. The zero-order valence-corrected chi connectivity index (χ0v) is 9.47. The van der Waals surface area contributed by atoms with Gasteiger partial charge in [0.1, 0.15) is 0 Å². The Bertz CT molecular complexity index is 392. The Labute approximate surface area is 84.9 Å². The first-order valence-electron chi connectivity index (χ1n) is 3.89. The van der Waals surface area contributed by atoms with Gasteiger partial charge in [0.05, 0.1) is 0 Å². The van der Waals surface area contributed by atoms with E-state index in [2.05, 4.69) is 29.2 Å². The van der Waals surface area contributed by atoms with Crippen molar-refractivity contribution in [1.82, 2.24) is 4.98 Å². The molecule has 2 aromatic rings. The number of nitrogens with zero attached hydrogens (tertiary/aromatic N) is 1. The van der Waals surface area contributed by atoms with Crippen LogP contribution in [-0.2, 0) is 4.44 Å². The van der Waals surface area contributed by atoms with Crippen LogP contribution >= 0.6 is 0 Å². The quantitative estimate of drug-likeness (QED) is 0.714. The molecular weight excluding hydrogens is 253 g/mol. The standard InChI is InChI=1S/C10H8N.Sn/c1-8-4-2-5-9-6-3-7-11-10(8)9;/h2-7H,1H2;. The van der Waals surface area contributed by atoms with E-state index in [1.807, 2.05) is 12.3 Å². The van der Waals surface area contributed by atoms with E-state index in [0.717, 1.165) is 9.95 Å². The van der Waals surface area contributed by atoms with Crippen molar-refractivity contribution in [2.75, 3.05) is 0 Å². The van der Waals surface area contributed by atoms with Crippen LogP contribution in [0.3, 0.4) is 0 Å². The minimum absolute atomic E-state index is 1.14. The van der Waals surface area contributed by atoms with Gasteiger partial charge in [-0.2, -0.15) is 0 Å². The molecule has 0 bridgehead atoms. The topological polar surface area (TPSA) is 12.9 Å². The van der Waals surface area contributed by atoms with Crippen molar-refractivity contribution in [2.45, 2.75) is 4.44 Å². The van der Waals surface area contributed by atoms with Crippen LogP contribution in [0.15, 0.2) is 36.5 Å². The molecule has 57 valence electrons. The maximum atomic E-state index is 4.37. The number of rotatable bonds is 1. The molecule has 0 unspecified atom stereocenters. The summed E-state index contributed by atoms with van der Waals surface area (Å²) in [6.45, 7) is 0. The van der Waals surface area contributed by atoms with Crippen LogP contribution in [0.25, 0.3) is 10.9 Å². The molecule has 1 aromatic carbocycles. The molecule has 1 aromatic heterocycles. The van der Waals surface area contributed by atoms with Crippen molar-refractivity contribution in [3.63, 3.8) is 0 Å². The summed E-state index contributed by atoms with van der Waals surface area (Å²) in [6.07, 6.45) is 1.86. The zero-order chi connectivity index (χ0) is 8.39. The first-order chi connectivity index (χ1) is 5.92. The third-order valence-electron chi connectivity index (χ3n) is 1.91. The Kier molecular flexibility index (Phi) is 2.30. The number of hydrogen-bond acceptors (Lipinski definition) is 1. The summed E-state index contributed by atoms with van der Waals surface area (Å²) in [6, 6.07) is 10.5. The number of hydrogen-bond donors (Lipinski definition) is 0. The van der Waals surface area contributed by atoms with Gasteiger partial charge in [-0.25, -0.2) is 0 Å². The molecule has 2 heteroatoms. The molecular formula is C10H8NSn. The van der Waals surface area contributed by atoms with E-state index in [1.54, 1.807) is 22.5 Å². The Morgan fingerprint density at radius 3 is 2.83 bits per heavy atom. The van der Waals surface area contributed by atoms with Gasteiger partial charge in [-0.05, 0) is 0 Å². The molecule has 1 nitrogen and oxygen atoms in total. The van der Waals surface area contributed by atoms with Gasteiger partial charge in [0.15, 0.2) is 0 Å². The molecule has 2 rings (SSSR count). The van der Waals surface area contributed by atoms with Gasteiger partial charge in [0, 0.05) is 0 Å².